The number of carbonyl (C=O) groups is 1. The molecule has 7 heteroatoms. The Morgan fingerprint density at radius 2 is 1.72 bits per heavy atom. The fourth-order valence-corrected chi connectivity index (χ4v) is 4.34. The first-order valence-electron chi connectivity index (χ1n) is 7.67. The molecule has 0 aliphatic carbocycles. The minimum Gasteiger partial charge on any atom is -0.465 e. The summed E-state index contributed by atoms with van der Waals surface area (Å²) in [5.74, 6) is -0.651. The molecule has 0 aliphatic heterocycles. The van der Waals surface area contributed by atoms with Gasteiger partial charge in [0.15, 0.2) is 0 Å². The Morgan fingerprint density at radius 1 is 1.12 bits per heavy atom. The number of hydrogen-bond acceptors (Lipinski definition) is 4. The molecule has 0 N–H and O–H groups in total. The van der Waals surface area contributed by atoms with Crippen molar-refractivity contribution in [3.8, 4) is 0 Å². The molecule has 5 nitrogen and oxygen atoms in total. The lowest BCUT2D eigenvalue weighted by molar-refractivity contribution is 0.0601. The standard InChI is InChI=1S/C18H20ClNO4S/c1-12(2)20(25(22,23)15-8-5-13(3)6-9-15)17-10-7-14(19)11-16(17)18(21)24-4/h5-12H,1-4H3. The van der Waals surface area contributed by atoms with Crippen LogP contribution in [0.15, 0.2) is 47.4 Å². The summed E-state index contributed by atoms with van der Waals surface area (Å²) in [4.78, 5) is 12.3. The van der Waals surface area contributed by atoms with Crippen molar-refractivity contribution < 1.29 is 17.9 Å². The monoisotopic (exact) mass is 381 g/mol. The second kappa shape index (κ2) is 7.45. The SMILES string of the molecule is COC(=O)c1cc(Cl)ccc1N(C(C)C)S(=O)(=O)c1ccc(C)cc1. The van der Waals surface area contributed by atoms with E-state index in [9.17, 15) is 13.2 Å². The lowest BCUT2D eigenvalue weighted by Gasteiger charge is -2.29. The summed E-state index contributed by atoms with van der Waals surface area (Å²) < 4.78 is 32.3. The van der Waals surface area contributed by atoms with Gasteiger partial charge in [-0.3, -0.25) is 4.31 Å². The van der Waals surface area contributed by atoms with Crippen molar-refractivity contribution in [3.63, 3.8) is 0 Å². The summed E-state index contributed by atoms with van der Waals surface area (Å²) in [5, 5.41) is 0.320. The lowest BCUT2D eigenvalue weighted by atomic mass is 10.1. The summed E-state index contributed by atoms with van der Waals surface area (Å²) in [6.45, 7) is 5.36. The van der Waals surface area contributed by atoms with Gasteiger partial charge in [0.2, 0.25) is 0 Å². The minimum atomic E-state index is -3.86. The molecule has 0 radical (unpaired) electrons. The first-order chi connectivity index (χ1) is 11.7. The van der Waals surface area contributed by atoms with Crippen LogP contribution in [0, 0.1) is 6.92 Å². The van der Waals surface area contributed by atoms with Gasteiger partial charge in [0, 0.05) is 11.1 Å². The van der Waals surface area contributed by atoms with Gasteiger partial charge in [-0.1, -0.05) is 29.3 Å². The molecule has 0 heterocycles. The number of methoxy groups -OCH3 is 1. The second-order valence-electron chi connectivity index (χ2n) is 5.86. The van der Waals surface area contributed by atoms with E-state index in [0.29, 0.717) is 5.02 Å². The van der Waals surface area contributed by atoms with E-state index in [4.69, 9.17) is 16.3 Å². The van der Waals surface area contributed by atoms with Crippen molar-refractivity contribution in [2.45, 2.75) is 31.7 Å². The van der Waals surface area contributed by atoms with Crippen molar-refractivity contribution in [2.24, 2.45) is 0 Å². The van der Waals surface area contributed by atoms with E-state index >= 15 is 0 Å². The zero-order valence-electron chi connectivity index (χ0n) is 14.5. The summed E-state index contributed by atoms with van der Waals surface area (Å²) >= 11 is 5.98. The average molecular weight is 382 g/mol. The highest BCUT2D eigenvalue weighted by atomic mass is 35.5. The summed E-state index contributed by atoms with van der Waals surface area (Å²) in [6, 6.07) is 10.6. The molecule has 0 aliphatic rings. The number of aryl methyl sites for hydroxylation is 1. The summed E-state index contributed by atoms with van der Waals surface area (Å²) in [6.07, 6.45) is 0. The van der Waals surface area contributed by atoms with Crippen LogP contribution in [0.1, 0.15) is 29.8 Å². The van der Waals surface area contributed by atoms with Crippen LogP contribution in [-0.4, -0.2) is 27.5 Å². The molecule has 2 aromatic carbocycles. The number of nitrogens with zero attached hydrogens (tertiary/aromatic N) is 1. The maximum absolute atomic E-state index is 13.2. The third-order valence-corrected chi connectivity index (χ3v) is 5.89. The van der Waals surface area contributed by atoms with Crippen molar-refractivity contribution in [2.75, 3.05) is 11.4 Å². The first kappa shape index (κ1) is 19.3. The maximum Gasteiger partial charge on any atom is 0.340 e. The number of ether oxygens (including phenoxy) is 1. The minimum absolute atomic E-state index is 0.0967. The molecule has 0 fully saturated rings. The quantitative estimate of drug-likeness (QED) is 0.733. The highest BCUT2D eigenvalue weighted by Crippen LogP contribution is 2.31. The molecule has 2 rings (SSSR count). The van der Waals surface area contributed by atoms with E-state index in [1.165, 1.54) is 23.5 Å². The maximum atomic E-state index is 13.2. The Bertz CT molecular complexity index is 876. The zero-order chi connectivity index (χ0) is 18.8. The highest BCUT2D eigenvalue weighted by molar-refractivity contribution is 7.92. The Labute approximate surface area is 153 Å². The van der Waals surface area contributed by atoms with Crippen LogP contribution >= 0.6 is 11.6 Å². The molecule has 134 valence electrons. The van der Waals surface area contributed by atoms with Gasteiger partial charge >= 0.3 is 5.97 Å². The number of rotatable bonds is 5. The number of sulfonamides is 1. The Morgan fingerprint density at radius 3 is 2.24 bits per heavy atom. The fraction of sp³-hybridized carbons (Fsp3) is 0.278. The molecule has 0 atom stereocenters. The van der Waals surface area contributed by atoms with Gasteiger partial charge in [-0.25, -0.2) is 13.2 Å². The largest absolute Gasteiger partial charge is 0.465 e. The third kappa shape index (κ3) is 3.96. The second-order valence-corrected chi connectivity index (χ2v) is 8.11. The van der Waals surface area contributed by atoms with E-state index in [-0.39, 0.29) is 16.1 Å². The molecule has 2 aromatic rings. The predicted molar refractivity (Wildman–Crippen MR) is 98.8 cm³/mol. The average Bonchev–Trinajstić information content (AvgIpc) is 2.55. The van der Waals surface area contributed by atoms with Gasteiger partial charge < -0.3 is 4.74 Å². The highest BCUT2D eigenvalue weighted by Gasteiger charge is 2.31. The molecule has 0 bridgehead atoms. The Hall–Kier alpha value is -2.05. The van der Waals surface area contributed by atoms with Gasteiger partial charge in [0.1, 0.15) is 0 Å². The van der Waals surface area contributed by atoms with Crippen molar-refractivity contribution in [1.29, 1.82) is 0 Å². The van der Waals surface area contributed by atoms with Gasteiger partial charge in [-0.15, -0.1) is 0 Å². The Balaban J connectivity index is 2.67. The molecule has 0 aromatic heterocycles. The number of anilines is 1. The molecule has 0 saturated heterocycles. The lowest BCUT2D eigenvalue weighted by Crippen LogP contribution is -2.38. The normalized spacial score (nSPS) is 11.4. The van der Waals surface area contributed by atoms with Gasteiger partial charge in [0.25, 0.3) is 10.0 Å². The molecule has 0 amide bonds. The van der Waals surface area contributed by atoms with Crippen LogP contribution in [0.4, 0.5) is 5.69 Å². The molecule has 0 spiro atoms. The van der Waals surface area contributed by atoms with Crippen molar-refractivity contribution in [1.82, 2.24) is 0 Å². The molecule has 25 heavy (non-hydrogen) atoms. The topological polar surface area (TPSA) is 63.7 Å². The fourth-order valence-electron chi connectivity index (χ4n) is 2.48. The number of esters is 1. The predicted octanol–water partition coefficient (Wildman–Crippen LogP) is 4.04. The van der Waals surface area contributed by atoms with Gasteiger partial charge in [-0.05, 0) is 51.1 Å². The van der Waals surface area contributed by atoms with Crippen LogP contribution in [-0.2, 0) is 14.8 Å². The smallest absolute Gasteiger partial charge is 0.340 e. The van der Waals surface area contributed by atoms with Gasteiger partial charge in [0.05, 0.1) is 23.3 Å². The summed E-state index contributed by atoms with van der Waals surface area (Å²) in [5.41, 5.74) is 1.28. The zero-order valence-corrected chi connectivity index (χ0v) is 16.1. The van der Waals surface area contributed by atoms with E-state index in [1.807, 2.05) is 6.92 Å². The van der Waals surface area contributed by atoms with Crippen LogP contribution in [0.25, 0.3) is 0 Å². The first-order valence-corrected chi connectivity index (χ1v) is 9.49. The third-order valence-electron chi connectivity index (χ3n) is 3.65. The van der Waals surface area contributed by atoms with E-state index in [2.05, 4.69) is 0 Å². The van der Waals surface area contributed by atoms with Crippen LogP contribution in [0.5, 0.6) is 0 Å². The molecular formula is C18H20ClNO4S. The van der Waals surface area contributed by atoms with Crippen molar-refractivity contribution >= 4 is 33.3 Å². The van der Waals surface area contributed by atoms with Gasteiger partial charge in [-0.2, -0.15) is 0 Å². The molecule has 0 unspecified atom stereocenters. The van der Waals surface area contributed by atoms with Crippen LogP contribution in [0.2, 0.25) is 5.02 Å². The number of halogens is 1. The van der Waals surface area contributed by atoms with Crippen LogP contribution in [0.3, 0.4) is 0 Å². The Kier molecular flexibility index (Phi) is 5.75. The molecular weight excluding hydrogens is 362 g/mol. The summed E-state index contributed by atoms with van der Waals surface area (Å²) in [7, 11) is -2.63. The number of hydrogen-bond donors (Lipinski definition) is 0. The molecule has 0 saturated carbocycles. The van der Waals surface area contributed by atoms with Crippen LogP contribution < -0.4 is 4.31 Å². The van der Waals surface area contributed by atoms with Crippen molar-refractivity contribution in [3.05, 3.63) is 58.6 Å². The van der Waals surface area contributed by atoms with E-state index in [1.54, 1.807) is 44.2 Å². The number of carbonyl (C=O) groups excluding carboxylic acids is 1. The van der Waals surface area contributed by atoms with E-state index in [0.717, 1.165) is 5.56 Å². The number of benzene rings is 2. The van der Waals surface area contributed by atoms with E-state index < -0.39 is 22.0 Å².